The highest BCUT2D eigenvalue weighted by atomic mass is 19.1. The zero-order chi connectivity index (χ0) is 17.9. The molecular formula is C19H23FN4O2. The summed E-state index contributed by atoms with van der Waals surface area (Å²) in [5.74, 6) is 0.299. The number of amides is 1. The van der Waals surface area contributed by atoms with Crippen LogP contribution < -0.4 is 10.2 Å². The topological polar surface area (TPSA) is 61.6 Å². The van der Waals surface area contributed by atoms with Crippen molar-refractivity contribution in [3.8, 4) is 0 Å². The van der Waals surface area contributed by atoms with Gasteiger partial charge in [-0.3, -0.25) is 4.79 Å². The third-order valence-corrected chi connectivity index (χ3v) is 5.21. The Kier molecular flexibility index (Phi) is 4.88. The van der Waals surface area contributed by atoms with Crippen LogP contribution in [0, 0.1) is 5.82 Å². The van der Waals surface area contributed by atoms with Crippen LogP contribution in [0.1, 0.15) is 35.0 Å². The smallest absolute Gasteiger partial charge is 0.292 e. The second-order valence-electron chi connectivity index (χ2n) is 6.91. The molecular weight excluding hydrogens is 335 g/mol. The lowest BCUT2D eigenvalue weighted by Gasteiger charge is -2.35. The summed E-state index contributed by atoms with van der Waals surface area (Å²) in [7, 11) is 0. The van der Waals surface area contributed by atoms with Gasteiger partial charge in [0.2, 0.25) is 5.76 Å². The lowest BCUT2D eigenvalue weighted by Crippen LogP contribution is -2.48. The van der Waals surface area contributed by atoms with Gasteiger partial charge in [-0.25, -0.2) is 4.39 Å². The second-order valence-corrected chi connectivity index (χ2v) is 6.91. The first-order valence-corrected chi connectivity index (χ1v) is 9.18. The van der Waals surface area contributed by atoms with Crippen LogP contribution in [-0.2, 0) is 0 Å². The van der Waals surface area contributed by atoms with Gasteiger partial charge in [0.25, 0.3) is 5.91 Å². The van der Waals surface area contributed by atoms with Gasteiger partial charge in [-0.05, 0) is 43.7 Å². The molecule has 0 aliphatic carbocycles. The van der Waals surface area contributed by atoms with E-state index >= 15 is 0 Å². The first-order valence-electron chi connectivity index (χ1n) is 9.18. The number of carbonyl (C=O) groups is 1. The summed E-state index contributed by atoms with van der Waals surface area (Å²) < 4.78 is 18.4. The maximum atomic E-state index is 13.1. The van der Waals surface area contributed by atoms with E-state index in [1.165, 1.54) is 12.1 Å². The predicted molar refractivity (Wildman–Crippen MR) is 95.9 cm³/mol. The number of aromatic nitrogens is 1. The Morgan fingerprint density at radius 1 is 1.19 bits per heavy atom. The molecule has 0 bridgehead atoms. The maximum absolute atomic E-state index is 13.1. The average molecular weight is 358 g/mol. The molecule has 0 unspecified atom stereocenters. The highest BCUT2D eigenvalue weighted by Crippen LogP contribution is 2.24. The number of halogens is 1. The van der Waals surface area contributed by atoms with Crippen molar-refractivity contribution < 1.29 is 13.7 Å². The Bertz CT molecular complexity index is 747. The Morgan fingerprint density at radius 3 is 2.65 bits per heavy atom. The van der Waals surface area contributed by atoms with Crippen molar-refractivity contribution in [2.75, 3.05) is 44.2 Å². The fourth-order valence-corrected chi connectivity index (χ4v) is 3.66. The van der Waals surface area contributed by atoms with Crippen molar-refractivity contribution >= 4 is 11.6 Å². The molecule has 2 aromatic rings. The molecule has 3 heterocycles. The first-order chi connectivity index (χ1) is 12.7. The van der Waals surface area contributed by atoms with E-state index in [9.17, 15) is 9.18 Å². The van der Waals surface area contributed by atoms with Crippen LogP contribution in [0.25, 0.3) is 0 Å². The number of rotatable bonds is 3. The molecule has 0 spiro atoms. The second kappa shape index (κ2) is 7.45. The quantitative estimate of drug-likeness (QED) is 0.912. The van der Waals surface area contributed by atoms with E-state index < -0.39 is 0 Å². The van der Waals surface area contributed by atoms with Crippen molar-refractivity contribution in [1.29, 1.82) is 0 Å². The van der Waals surface area contributed by atoms with Crippen molar-refractivity contribution in [3.63, 3.8) is 0 Å². The minimum absolute atomic E-state index is 0.105. The minimum Gasteiger partial charge on any atom is -0.368 e. The van der Waals surface area contributed by atoms with Crippen molar-refractivity contribution in [2.24, 2.45) is 0 Å². The fourth-order valence-electron chi connectivity index (χ4n) is 3.66. The number of nitrogens with one attached hydrogen (secondary N) is 1. The van der Waals surface area contributed by atoms with Crippen LogP contribution >= 0.6 is 0 Å². The molecule has 0 saturated carbocycles. The molecule has 1 aromatic heterocycles. The summed E-state index contributed by atoms with van der Waals surface area (Å²) in [5.41, 5.74) is 1.84. The minimum atomic E-state index is -0.239. The lowest BCUT2D eigenvalue weighted by molar-refractivity contribution is 0.0704. The molecule has 1 aromatic carbocycles. The number of carbonyl (C=O) groups excluding carboxylic acids is 1. The predicted octanol–water partition coefficient (Wildman–Crippen LogP) is 2.24. The molecule has 1 amide bonds. The summed E-state index contributed by atoms with van der Waals surface area (Å²) in [6.45, 7) is 4.57. The van der Waals surface area contributed by atoms with Gasteiger partial charge in [0.1, 0.15) is 5.82 Å². The SMILES string of the molecule is O=C(c1cc([C@H]2CCCNC2)no1)N1CCN(c2ccc(F)cc2)CC1. The van der Waals surface area contributed by atoms with Crippen LogP contribution in [0.2, 0.25) is 0 Å². The zero-order valence-electron chi connectivity index (χ0n) is 14.7. The molecule has 6 nitrogen and oxygen atoms in total. The normalized spacial score (nSPS) is 21.0. The number of piperidine rings is 1. The van der Waals surface area contributed by atoms with Crippen molar-refractivity contribution in [2.45, 2.75) is 18.8 Å². The van der Waals surface area contributed by atoms with E-state index in [1.54, 1.807) is 23.1 Å². The highest BCUT2D eigenvalue weighted by molar-refractivity contribution is 5.91. The van der Waals surface area contributed by atoms with E-state index in [1.807, 2.05) is 0 Å². The van der Waals surface area contributed by atoms with Gasteiger partial charge in [-0.2, -0.15) is 0 Å². The molecule has 2 aliphatic rings. The van der Waals surface area contributed by atoms with Crippen LogP contribution in [-0.4, -0.2) is 55.2 Å². The van der Waals surface area contributed by atoms with Gasteiger partial charge in [-0.1, -0.05) is 5.16 Å². The number of nitrogens with zero attached hydrogens (tertiary/aromatic N) is 3. The number of benzene rings is 1. The third-order valence-electron chi connectivity index (χ3n) is 5.21. The first kappa shape index (κ1) is 17.0. The van der Waals surface area contributed by atoms with Gasteiger partial charge in [-0.15, -0.1) is 0 Å². The average Bonchev–Trinajstić information content (AvgIpc) is 3.19. The van der Waals surface area contributed by atoms with E-state index in [-0.39, 0.29) is 11.7 Å². The van der Waals surface area contributed by atoms with Gasteiger partial charge >= 0.3 is 0 Å². The Labute approximate surface area is 151 Å². The molecule has 4 rings (SSSR count). The number of anilines is 1. The summed E-state index contributed by atoms with van der Waals surface area (Å²) in [5, 5.41) is 7.47. The number of hydrogen-bond acceptors (Lipinski definition) is 5. The van der Waals surface area contributed by atoms with Gasteiger partial charge < -0.3 is 19.6 Å². The van der Waals surface area contributed by atoms with Gasteiger partial charge in [0, 0.05) is 50.4 Å². The summed E-state index contributed by atoms with van der Waals surface area (Å²) in [6.07, 6.45) is 2.19. The fraction of sp³-hybridized carbons (Fsp3) is 0.474. The Morgan fingerprint density at radius 2 is 1.96 bits per heavy atom. The monoisotopic (exact) mass is 358 g/mol. The van der Waals surface area contributed by atoms with Crippen LogP contribution in [0.5, 0.6) is 0 Å². The van der Waals surface area contributed by atoms with Crippen LogP contribution in [0.15, 0.2) is 34.9 Å². The van der Waals surface area contributed by atoms with E-state index in [0.29, 0.717) is 37.9 Å². The van der Waals surface area contributed by atoms with Gasteiger partial charge in [0.05, 0.1) is 5.69 Å². The summed E-state index contributed by atoms with van der Waals surface area (Å²) >= 11 is 0. The molecule has 1 N–H and O–H groups in total. The van der Waals surface area contributed by atoms with Crippen molar-refractivity contribution in [1.82, 2.24) is 15.4 Å². The largest absolute Gasteiger partial charge is 0.368 e. The Hall–Kier alpha value is -2.41. The third kappa shape index (κ3) is 3.58. The van der Waals surface area contributed by atoms with E-state index in [4.69, 9.17) is 4.52 Å². The summed E-state index contributed by atoms with van der Waals surface area (Å²) in [6, 6.07) is 8.26. The maximum Gasteiger partial charge on any atom is 0.292 e. The molecule has 7 heteroatoms. The molecule has 2 saturated heterocycles. The molecule has 0 radical (unpaired) electrons. The number of piperazine rings is 1. The van der Waals surface area contributed by atoms with Crippen LogP contribution in [0.3, 0.4) is 0 Å². The van der Waals surface area contributed by atoms with Crippen molar-refractivity contribution in [3.05, 3.63) is 47.6 Å². The molecule has 26 heavy (non-hydrogen) atoms. The zero-order valence-corrected chi connectivity index (χ0v) is 14.7. The standard InChI is InChI=1S/C19H23FN4O2/c20-15-3-5-16(6-4-15)23-8-10-24(11-9-23)19(25)18-12-17(22-26-18)14-2-1-7-21-13-14/h3-6,12,14,21H,1-2,7-11,13H2/t14-/m0/s1. The highest BCUT2D eigenvalue weighted by Gasteiger charge is 2.27. The summed E-state index contributed by atoms with van der Waals surface area (Å²) in [4.78, 5) is 16.6. The van der Waals surface area contributed by atoms with Gasteiger partial charge in [0.15, 0.2) is 0 Å². The Balaban J connectivity index is 1.36. The molecule has 2 fully saturated rings. The number of hydrogen-bond donors (Lipinski definition) is 1. The lowest BCUT2D eigenvalue weighted by atomic mass is 9.96. The van der Waals surface area contributed by atoms with E-state index in [0.717, 1.165) is 37.3 Å². The molecule has 138 valence electrons. The van der Waals surface area contributed by atoms with Crippen LogP contribution in [0.4, 0.5) is 10.1 Å². The molecule has 1 atom stereocenters. The molecule has 2 aliphatic heterocycles. The van der Waals surface area contributed by atoms with E-state index in [2.05, 4.69) is 15.4 Å².